The van der Waals surface area contributed by atoms with Gasteiger partial charge in [-0.3, -0.25) is 0 Å². The van der Waals surface area contributed by atoms with Crippen LogP contribution in [0.3, 0.4) is 0 Å². The molecule has 0 radical (unpaired) electrons. The third-order valence-electron chi connectivity index (χ3n) is 2.72. The summed E-state index contributed by atoms with van der Waals surface area (Å²) in [5, 5.41) is 8.72. The molecule has 1 aliphatic carbocycles. The van der Waals surface area contributed by atoms with Crippen LogP contribution >= 0.6 is 0 Å². The molecule has 13 heavy (non-hydrogen) atoms. The zero-order chi connectivity index (χ0) is 9.26. The molecule has 0 aromatic carbocycles. The van der Waals surface area contributed by atoms with Crippen molar-refractivity contribution in [2.24, 2.45) is 0 Å². The largest absolute Gasteiger partial charge is 0.479 e. The highest BCUT2D eigenvalue weighted by Crippen LogP contribution is 2.28. The van der Waals surface area contributed by atoms with Crippen molar-refractivity contribution in [2.45, 2.75) is 44.0 Å². The van der Waals surface area contributed by atoms with Gasteiger partial charge in [-0.2, -0.15) is 0 Å². The fourth-order valence-corrected chi connectivity index (χ4v) is 2.00. The number of ether oxygens (including phenoxy) is 2. The maximum Gasteiger partial charge on any atom is 0.335 e. The van der Waals surface area contributed by atoms with Crippen molar-refractivity contribution in [3.05, 3.63) is 0 Å². The van der Waals surface area contributed by atoms with E-state index >= 15 is 0 Å². The summed E-state index contributed by atoms with van der Waals surface area (Å²) in [6.45, 7) is 0.205. The van der Waals surface area contributed by atoms with E-state index in [-0.39, 0.29) is 18.8 Å². The lowest BCUT2D eigenvalue weighted by Gasteiger charge is -2.37. The first-order valence-electron chi connectivity index (χ1n) is 4.77. The Kier molecular flexibility index (Phi) is 2.51. The number of carbonyl (C=O) groups is 1. The van der Waals surface area contributed by atoms with Crippen LogP contribution in [0.1, 0.15) is 25.7 Å². The second-order valence-electron chi connectivity index (χ2n) is 3.66. The van der Waals surface area contributed by atoms with E-state index in [4.69, 9.17) is 14.6 Å². The second kappa shape index (κ2) is 3.64. The molecule has 1 saturated carbocycles. The van der Waals surface area contributed by atoms with E-state index in [9.17, 15) is 4.79 Å². The summed E-state index contributed by atoms with van der Waals surface area (Å²) in [7, 11) is 0. The maximum atomic E-state index is 10.6. The van der Waals surface area contributed by atoms with Gasteiger partial charge in [0.05, 0.1) is 18.8 Å². The Morgan fingerprint density at radius 1 is 1.23 bits per heavy atom. The van der Waals surface area contributed by atoms with Crippen molar-refractivity contribution in [3.8, 4) is 0 Å². The van der Waals surface area contributed by atoms with Crippen LogP contribution in [0.4, 0.5) is 0 Å². The lowest BCUT2D eigenvalue weighted by Crippen LogP contribution is -2.47. The number of carboxylic acid groups (broad SMARTS) is 1. The molecule has 0 amide bonds. The Balaban J connectivity index is 1.95. The van der Waals surface area contributed by atoms with Crippen molar-refractivity contribution in [3.63, 3.8) is 0 Å². The normalized spacial score (nSPS) is 39.5. The van der Waals surface area contributed by atoms with Crippen LogP contribution in [0.5, 0.6) is 0 Å². The summed E-state index contributed by atoms with van der Waals surface area (Å²) < 4.78 is 10.9. The highest BCUT2D eigenvalue weighted by molar-refractivity contribution is 5.72. The smallest absolute Gasteiger partial charge is 0.335 e. The first-order valence-corrected chi connectivity index (χ1v) is 4.77. The molecular formula is C9H14O4. The van der Waals surface area contributed by atoms with E-state index in [0.29, 0.717) is 0 Å². The summed E-state index contributed by atoms with van der Waals surface area (Å²) >= 11 is 0. The SMILES string of the molecule is O=C(O)[C@@H]1CO[C@@H]2CCCC[C@H]2O1. The number of carboxylic acids is 1. The lowest BCUT2D eigenvalue weighted by atomic mass is 9.93. The lowest BCUT2D eigenvalue weighted by molar-refractivity contribution is -0.205. The molecule has 0 unspecified atom stereocenters. The van der Waals surface area contributed by atoms with E-state index in [1.807, 2.05) is 0 Å². The first-order chi connectivity index (χ1) is 6.27. The Labute approximate surface area is 76.8 Å². The molecule has 2 aliphatic rings. The predicted octanol–water partition coefficient (Wildman–Crippen LogP) is 0.798. The van der Waals surface area contributed by atoms with Crippen LogP contribution in [-0.2, 0) is 14.3 Å². The summed E-state index contributed by atoms with van der Waals surface area (Å²) in [5.74, 6) is -0.913. The number of fused-ring (bicyclic) bond motifs is 1. The highest BCUT2D eigenvalue weighted by Gasteiger charge is 2.36. The third-order valence-corrected chi connectivity index (χ3v) is 2.72. The molecule has 1 saturated heterocycles. The molecule has 74 valence electrons. The van der Waals surface area contributed by atoms with Gasteiger partial charge < -0.3 is 14.6 Å². The molecule has 1 heterocycles. The summed E-state index contributed by atoms with van der Waals surface area (Å²) in [6, 6.07) is 0. The van der Waals surface area contributed by atoms with Crippen LogP contribution < -0.4 is 0 Å². The van der Waals surface area contributed by atoms with Gasteiger partial charge in [0.1, 0.15) is 0 Å². The predicted molar refractivity (Wildman–Crippen MR) is 44.5 cm³/mol. The Bertz CT molecular complexity index is 204. The van der Waals surface area contributed by atoms with Crippen LogP contribution in [0, 0.1) is 0 Å². The molecule has 4 heteroatoms. The van der Waals surface area contributed by atoms with Crippen molar-refractivity contribution in [2.75, 3.05) is 6.61 Å². The Morgan fingerprint density at radius 3 is 2.62 bits per heavy atom. The minimum absolute atomic E-state index is 0.0172. The minimum Gasteiger partial charge on any atom is -0.479 e. The number of hydrogen-bond donors (Lipinski definition) is 1. The van der Waals surface area contributed by atoms with E-state index in [0.717, 1.165) is 19.3 Å². The average Bonchev–Trinajstić information content (AvgIpc) is 2.17. The van der Waals surface area contributed by atoms with Crippen molar-refractivity contribution in [1.82, 2.24) is 0 Å². The van der Waals surface area contributed by atoms with Crippen LogP contribution in [0.15, 0.2) is 0 Å². The first kappa shape index (κ1) is 8.97. The fourth-order valence-electron chi connectivity index (χ4n) is 2.00. The van der Waals surface area contributed by atoms with E-state index in [1.54, 1.807) is 0 Å². The Morgan fingerprint density at radius 2 is 1.92 bits per heavy atom. The zero-order valence-corrected chi connectivity index (χ0v) is 7.44. The van der Waals surface area contributed by atoms with Gasteiger partial charge in [-0.1, -0.05) is 12.8 Å². The van der Waals surface area contributed by atoms with Gasteiger partial charge in [-0.05, 0) is 12.8 Å². The highest BCUT2D eigenvalue weighted by atomic mass is 16.6. The molecule has 0 bridgehead atoms. The standard InChI is InChI=1S/C9H14O4/c10-9(11)8-5-12-6-3-1-2-4-7(6)13-8/h6-8H,1-5H2,(H,10,11)/t6-,7-,8+/m1/s1. The summed E-state index contributed by atoms with van der Waals surface area (Å²) in [4.78, 5) is 10.6. The van der Waals surface area contributed by atoms with Crippen molar-refractivity contribution < 1.29 is 19.4 Å². The van der Waals surface area contributed by atoms with Gasteiger partial charge in [0.25, 0.3) is 0 Å². The van der Waals surface area contributed by atoms with Gasteiger partial charge in [0.2, 0.25) is 0 Å². The zero-order valence-electron chi connectivity index (χ0n) is 7.44. The van der Waals surface area contributed by atoms with Gasteiger partial charge >= 0.3 is 5.97 Å². The molecule has 0 spiro atoms. The molecule has 3 atom stereocenters. The molecule has 0 aromatic rings. The molecule has 0 aromatic heterocycles. The van der Waals surface area contributed by atoms with Crippen molar-refractivity contribution >= 4 is 5.97 Å². The number of hydrogen-bond acceptors (Lipinski definition) is 3. The number of aliphatic carboxylic acids is 1. The van der Waals surface area contributed by atoms with Gasteiger partial charge in [0, 0.05) is 0 Å². The van der Waals surface area contributed by atoms with E-state index in [2.05, 4.69) is 0 Å². The number of rotatable bonds is 1. The van der Waals surface area contributed by atoms with E-state index < -0.39 is 12.1 Å². The van der Waals surface area contributed by atoms with Crippen molar-refractivity contribution in [1.29, 1.82) is 0 Å². The molecule has 4 nitrogen and oxygen atoms in total. The molecule has 1 aliphatic heterocycles. The van der Waals surface area contributed by atoms with Crippen LogP contribution in [-0.4, -0.2) is 36.0 Å². The minimum atomic E-state index is -0.913. The van der Waals surface area contributed by atoms with Crippen LogP contribution in [0.2, 0.25) is 0 Å². The maximum absolute atomic E-state index is 10.6. The monoisotopic (exact) mass is 186 g/mol. The summed E-state index contributed by atoms with van der Waals surface area (Å²) in [6.07, 6.45) is 3.65. The quantitative estimate of drug-likeness (QED) is 0.658. The topological polar surface area (TPSA) is 55.8 Å². The second-order valence-corrected chi connectivity index (χ2v) is 3.66. The molecule has 2 fully saturated rings. The van der Waals surface area contributed by atoms with Crippen LogP contribution in [0.25, 0.3) is 0 Å². The third kappa shape index (κ3) is 1.84. The Hall–Kier alpha value is -0.610. The average molecular weight is 186 g/mol. The van der Waals surface area contributed by atoms with Gasteiger partial charge in [-0.15, -0.1) is 0 Å². The molecule has 2 rings (SSSR count). The molecular weight excluding hydrogens is 172 g/mol. The van der Waals surface area contributed by atoms with E-state index in [1.165, 1.54) is 6.42 Å². The van der Waals surface area contributed by atoms with Gasteiger partial charge in [0.15, 0.2) is 6.10 Å². The molecule has 1 N–H and O–H groups in total. The summed E-state index contributed by atoms with van der Waals surface area (Å²) in [5.41, 5.74) is 0. The fraction of sp³-hybridized carbons (Fsp3) is 0.889. The van der Waals surface area contributed by atoms with Gasteiger partial charge in [-0.25, -0.2) is 4.79 Å².